The van der Waals surface area contributed by atoms with E-state index in [1.807, 2.05) is 30.3 Å². The van der Waals surface area contributed by atoms with Crippen LogP contribution >= 0.6 is 0 Å². The van der Waals surface area contributed by atoms with E-state index in [1.54, 1.807) is 7.05 Å². The van der Waals surface area contributed by atoms with Crippen LogP contribution in [0.5, 0.6) is 0 Å². The summed E-state index contributed by atoms with van der Waals surface area (Å²) in [5.41, 5.74) is 3.09. The van der Waals surface area contributed by atoms with Gasteiger partial charge in [-0.2, -0.15) is 5.26 Å². The molecule has 124 valence electrons. The number of aliphatic imine (C=N–C) groups is 1. The summed E-state index contributed by atoms with van der Waals surface area (Å²) in [6.07, 6.45) is 0. The second-order valence-corrected chi connectivity index (χ2v) is 5.87. The molecule has 0 saturated carbocycles. The van der Waals surface area contributed by atoms with Crippen molar-refractivity contribution in [3.8, 4) is 6.07 Å². The first kappa shape index (κ1) is 17.6. The molecule has 2 N–H and O–H groups in total. The van der Waals surface area contributed by atoms with E-state index in [1.165, 1.54) is 5.56 Å². The lowest BCUT2D eigenvalue weighted by atomic mass is 9.94. The SMILES string of the molecule is CN=C(NCc1ccc(C#N)cc1)NC(C)C(C)c1ccccc1. The van der Waals surface area contributed by atoms with Gasteiger partial charge in [-0.05, 0) is 30.2 Å². The molecule has 0 amide bonds. The third-order valence-electron chi connectivity index (χ3n) is 4.21. The van der Waals surface area contributed by atoms with Crippen LogP contribution in [0.15, 0.2) is 59.6 Å². The van der Waals surface area contributed by atoms with Crippen LogP contribution in [0.1, 0.15) is 36.5 Å². The number of guanidine groups is 1. The Morgan fingerprint density at radius 2 is 1.75 bits per heavy atom. The third kappa shape index (κ3) is 4.85. The number of benzene rings is 2. The maximum atomic E-state index is 8.83. The van der Waals surface area contributed by atoms with Crippen molar-refractivity contribution < 1.29 is 0 Å². The van der Waals surface area contributed by atoms with Crippen molar-refractivity contribution in [2.24, 2.45) is 4.99 Å². The average Bonchev–Trinajstić information content (AvgIpc) is 2.65. The Labute approximate surface area is 144 Å². The molecule has 0 aliphatic carbocycles. The predicted octanol–water partition coefficient (Wildman–Crippen LogP) is 3.42. The molecular weight excluding hydrogens is 296 g/mol. The number of nitrogens with one attached hydrogen (secondary N) is 2. The van der Waals surface area contributed by atoms with Gasteiger partial charge in [-0.25, -0.2) is 0 Å². The number of nitriles is 1. The Kier molecular flexibility index (Phi) is 6.39. The molecule has 2 atom stereocenters. The van der Waals surface area contributed by atoms with Gasteiger partial charge in [0.25, 0.3) is 0 Å². The summed E-state index contributed by atoms with van der Waals surface area (Å²) >= 11 is 0. The Bertz CT molecular complexity index is 699. The molecule has 24 heavy (non-hydrogen) atoms. The standard InChI is InChI=1S/C20H24N4/c1-15(19-7-5-4-6-8-19)16(2)24-20(22-3)23-14-18-11-9-17(13-21)10-12-18/h4-12,15-16H,14H2,1-3H3,(H2,22,23,24). The summed E-state index contributed by atoms with van der Waals surface area (Å²) in [5, 5.41) is 15.6. The normalized spacial score (nSPS) is 13.7. The molecule has 2 rings (SSSR count). The highest BCUT2D eigenvalue weighted by atomic mass is 15.2. The summed E-state index contributed by atoms with van der Waals surface area (Å²) in [4.78, 5) is 4.29. The molecule has 2 aromatic carbocycles. The van der Waals surface area contributed by atoms with Crippen molar-refractivity contribution in [2.45, 2.75) is 32.4 Å². The van der Waals surface area contributed by atoms with Gasteiger partial charge in [0.15, 0.2) is 5.96 Å². The number of hydrogen-bond donors (Lipinski definition) is 2. The van der Waals surface area contributed by atoms with Gasteiger partial charge in [0.1, 0.15) is 0 Å². The Morgan fingerprint density at radius 1 is 1.08 bits per heavy atom. The van der Waals surface area contributed by atoms with Crippen LogP contribution in [-0.2, 0) is 6.54 Å². The van der Waals surface area contributed by atoms with Crippen molar-refractivity contribution in [3.05, 3.63) is 71.3 Å². The van der Waals surface area contributed by atoms with Crippen LogP contribution in [0.3, 0.4) is 0 Å². The summed E-state index contributed by atoms with van der Waals surface area (Å²) in [5.74, 6) is 1.15. The second-order valence-electron chi connectivity index (χ2n) is 5.87. The summed E-state index contributed by atoms with van der Waals surface area (Å²) in [6, 6.07) is 20.4. The van der Waals surface area contributed by atoms with Crippen molar-refractivity contribution in [2.75, 3.05) is 7.05 Å². The molecule has 4 heteroatoms. The smallest absolute Gasteiger partial charge is 0.191 e. The molecule has 0 radical (unpaired) electrons. The van der Waals surface area contributed by atoms with Crippen LogP contribution in [0.2, 0.25) is 0 Å². The summed E-state index contributed by atoms with van der Waals surface area (Å²) < 4.78 is 0. The highest BCUT2D eigenvalue weighted by molar-refractivity contribution is 5.80. The van der Waals surface area contributed by atoms with Gasteiger partial charge in [-0.1, -0.05) is 49.4 Å². The minimum atomic E-state index is 0.250. The first-order chi connectivity index (χ1) is 11.6. The summed E-state index contributed by atoms with van der Waals surface area (Å²) in [6.45, 7) is 5.03. The number of nitrogens with zero attached hydrogens (tertiary/aromatic N) is 2. The maximum Gasteiger partial charge on any atom is 0.191 e. The minimum absolute atomic E-state index is 0.250. The zero-order valence-electron chi connectivity index (χ0n) is 14.5. The average molecular weight is 320 g/mol. The van der Waals surface area contributed by atoms with Gasteiger partial charge >= 0.3 is 0 Å². The highest BCUT2D eigenvalue weighted by Gasteiger charge is 2.15. The molecule has 2 aromatic rings. The third-order valence-corrected chi connectivity index (χ3v) is 4.21. The zero-order chi connectivity index (χ0) is 17.4. The molecule has 2 unspecified atom stereocenters. The van der Waals surface area contributed by atoms with Crippen molar-refractivity contribution in [1.82, 2.24) is 10.6 Å². The predicted molar refractivity (Wildman–Crippen MR) is 98.8 cm³/mol. The van der Waals surface area contributed by atoms with E-state index >= 15 is 0 Å². The Hall–Kier alpha value is -2.80. The fourth-order valence-corrected chi connectivity index (χ4v) is 2.46. The molecule has 0 aliphatic heterocycles. The topological polar surface area (TPSA) is 60.2 Å². The number of rotatable bonds is 5. The fourth-order valence-electron chi connectivity index (χ4n) is 2.46. The highest BCUT2D eigenvalue weighted by Crippen LogP contribution is 2.18. The second kappa shape index (κ2) is 8.73. The van der Waals surface area contributed by atoms with E-state index in [2.05, 4.69) is 59.8 Å². The van der Waals surface area contributed by atoms with Gasteiger partial charge in [0.05, 0.1) is 11.6 Å². The van der Waals surface area contributed by atoms with Crippen molar-refractivity contribution >= 4 is 5.96 Å². The van der Waals surface area contributed by atoms with Gasteiger partial charge in [0, 0.05) is 25.6 Å². The molecule has 0 aliphatic rings. The molecular formula is C20H24N4. The van der Waals surface area contributed by atoms with Crippen molar-refractivity contribution in [1.29, 1.82) is 5.26 Å². The molecule has 4 nitrogen and oxygen atoms in total. The van der Waals surface area contributed by atoms with Crippen LogP contribution in [-0.4, -0.2) is 19.0 Å². The minimum Gasteiger partial charge on any atom is -0.353 e. The Morgan fingerprint density at radius 3 is 2.33 bits per heavy atom. The van der Waals surface area contributed by atoms with E-state index in [4.69, 9.17) is 5.26 Å². The lowest BCUT2D eigenvalue weighted by molar-refractivity contribution is 0.550. The summed E-state index contributed by atoms with van der Waals surface area (Å²) in [7, 11) is 1.77. The lowest BCUT2D eigenvalue weighted by Crippen LogP contribution is -2.43. The monoisotopic (exact) mass is 320 g/mol. The largest absolute Gasteiger partial charge is 0.353 e. The molecule has 0 saturated heterocycles. The van der Waals surface area contributed by atoms with Crippen LogP contribution in [0.4, 0.5) is 0 Å². The van der Waals surface area contributed by atoms with E-state index in [0.717, 1.165) is 11.5 Å². The quantitative estimate of drug-likeness (QED) is 0.655. The molecule has 0 spiro atoms. The first-order valence-electron chi connectivity index (χ1n) is 8.15. The lowest BCUT2D eigenvalue weighted by Gasteiger charge is -2.24. The van der Waals surface area contributed by atoms with Crippen molar-refractivity contribution in [3.63, 3.8) is 0 Å². The van der Waals surface area contributed by atoms with E-state index in [9.17, 15) is 0 Å². The van der Waals surface area contributed by atoms with Crippen LogP contribution in [0, 0.1) is 11.3 Å². The first-order valence-corrected chi connectivity index (χ1v) is 8.15. The van der Waals surface area contributed by atoms with Gasteiger partial charge < -0.3 is 10.6 Å². The van der Waals surface area contributed by atoms with E-state index in [-0.39, 0.29) is 6.04 Å². The molecule has 0 aromatic heterocycles. The Balaban J connectivity index is 1.90. The molecule has 0 fully saturated rings. The molecule has 0 bridgehead atoms. The van der Waals surface area contributed by atoms with Crippen LogP contribution < -0.4 is 10.6 Å². The fraction of sp³-hybridized carbons (Fsp3) is 0.300. The zero-order valence-corrected chi connectivity index (χ0v) is 14.5. The maximum absolute atomic E-state index is 8.83. The van der Waals surface area contributed by atoms with Crippen LogP contribution in [0.25, 0.3) is 0 Å². The van der Waals surface area contributed by atoms with E-state index < -0.39 is 0 Å². The molecule has 0 heterocycles. The van der Waals surface area contributed by atoms with Gasteiger partial charge in [-0.15, -0.1) is 0 Å². The van der Waals surface area contributed by atoms with Gasteiger partial charge in [-0.3, -0.25) is 4.99 Å². The number of hydrogen-bond acceptors (Lipinski definition) is 2. The van der Waals surface area contributed by atoms with Gasteiger partial charge in [0.2, 0.25) is 0 Å². The van der Waals surface area contributed by atoms with E-state index in [0.29, 0.717) is 18.0 Å².